The largest absolute Gasteiger partial charge is 0.342 e. The van der Waals surface area contributed by atoms with Crippen molar-refractivity contribution in [3.63, 3.8) is 0 Å². The Kier molecular flexibility index (Phi) is 4.13. The molecule has 0 saturated heterocycles. The monoisotopic (exact) mass is 244 g/mol. The average molecular weight is 244 g/mol. The zero-order chi connectivity index (χ0) is 13.0. The van der Waals surface area contributed by atoms with Gasteiger partial charge in [0, 0.05) is 19.8 Å². The van der Waals surface area contributed by atoms with E-state index in [4.69, 9.17) is 0 Å². The lowest BCUT2D eigenvalue weighted by Crippen LogP contribution is -2.27. The number of rotatable bonds is 0. The van der Waals surface area contributed by atoms with E-state index in [0.29, 0.717) is 11.5 Å². The fourth-order valence-electron chi connectivity index (χ4n) is 2.20. The van der Waals surface area contributed by atoms with Crippen molar-refractivity contribution in [2.45, 2.75) is 26.2 Å². The van der Waals surface area contributed by atoms with E-state index in [1.807, 2.05) is 37.5 Å². The predicted molar refractivity (Wildman–Crippen MR) is 74.6 cm³/mol. The van der Waals surface area contributed by atoms with Crippen molar-refractivity contribution in [2.75, 3.05) is 13.6 Å². The van der Waals surface area contributed by atoms with Crippen LogP contribution in [0.5, 0.6) is 0 Å². The molecule has 1 unspecified atom stereocenters. The van der Waals surface area contributed by atoms with Crippen molar-refractivity contribution in [3.05, 3.63) is 29.8 Å². The molecule has 0 aromatic heterocycles. The van der Waals surface area contributed by atoms with Gasteiger partial charge in [0.05, 0.1) is 11.3 Å². The maximum Gasteiger partial charge on any atom is 0.255 e. The van der Waals surface area contributed by atoms with Crippen LogP contribution in [-0.2, 0) is 0 Å². The van der Waals surface area contributed by atoms with Crippen LogP contribution in [0, 0.1) is 5.92 Å². The Morgan fingerprint density at radius 2 is 2.11 bits per heavy atom. The number of para-hydroxylation sites is 1. The third-order valence-corrected chi connectivity index (χ3v) is 3.41. The Hall–Kier alpha value is -1.64. The molecular formula is C15H20N2O. The minimum Gasteiger partial charge on any atom is -0.342 e. The Bertz CT molecular complexity index is 454. The smallest absolute Gasteiger partial charge is 0.255 e. The van der Waals surface area contributed by atoms with Crippen molar-refractivity contribution in [3.8, 4) is 0 Å². The second kappa shape index (κ2) is 5.80. The fraction of sp³-hybridized carbons (Fsp3) is 0.467. The number of hydrogen-bond acceptors (Lipinski definition) is 2. The van der Waals surface area contributed by atoms with Gasteiger partial charge in [-0.2, -0.15) is 0 Å². The van der Waals surface area contributed by atoms with Gasteiger partial charge in [-0.05, 0) is 37.3 Å². The lowest BCUT2D eigenvalue weighted by Gasteiger charge is -2.18. The second-order valence-electron chi connectivity index (χ2n) is 5.04. The summed E-state index contributed by atoms with van der Waals surface area (Å²) in [7, 11) is 1.87. The Morgan fingerprint density at radius 3 is 2.94 bits per heavy atom. The van der Waals surface area contributed by atoms with Crippen molar-refractivity contribution >= 4 is 17.8 Å². The molecule has 1 heterocycles. The van der Waals surface area contributed by atoms with Gasteiger partial charge in [-0.15, -0.1) is 0 Å². The van der Waals surface area contributed by atoms with Crippen LogP contribution in [0.15, 0.2) is 29.3 Å². The maximum atomic E-state index is 12.3. The highest BCUT2D eigenvalue weighted by molar-refractivity contribution is 5.99. The van der Waals surface area contributed by atoms with Gasteiger partial charge in [0.15, 0.2) is 0 Å². The summed E-state index contributed by atoms with van der Waals surface area (Å²) in [6.45, 7) is 3.05. The molecule has 2 rings (SSSR count). The second-order valence-corrected chi connectivity index (χ2v) is 5.04. The quantitative estimate of drug-likeness (QED) is 0.689. The van der Waals surface area contributed by atoms with Crippen LogP contribution in [0.3, 0.4) is 0 Å². The van der Waals surface area contributed by atoms with Crippen molar-refractivity contribution in [2.24, 2.45) is 10.9 Å². The predicted octanol–water partition coefficient (Wildman–Crippen LogP) is 3.28. The minimum atomic E-state index is 0.0669. The molecule has 0 saturated carbocycles. The molecule has 18 heavy (non-hydrogen) atoms. The number of fused-ring (bicyclic) bond motifs is 1. The van der Waals surface area contributed by atoms with Gasteiger partial charge in [-0.3, -0.25) is 9.79 Å². The molecule has 3 nitrogen and oxygen atoms in total. The molecule has 1 amide bonds. The van der Waals surface area contributed by atoms with E-state index in [1.165, 1.54) is 0 Å². The first kappa shape index (κ1) is 12.8. The molecule has 0 aliphatic carbocycles. The van der Waals surface area contributed by atoms with Crippen LogP contribution in [0.1, 0.15) is 36.5 Å². The van der Waals surface area contributed by atoms with Crippen LogP contribution >= 0.6 is 0 Å². The van der Waals surface area contributed by atoms with Crippen LogP contribution < -0.4 is 0 Å². The number of carbonyl (C=O) groups is 1. The van der Waals surface area contributed by atoms with E-state index < -0.39 is 0 Å². The molecule has 3 heteroatoms. The van der Waals surface area contributed by atoms with Crippen LogP contribution in [0.4, 0.5) is 5.69 Å². The minimum absolute atomic E-state index is 0.0669. The molecule has 1 aromatic carbocycles. The Morgan fingerprint density at radius 1 is 1.33 bits per heavy atom. The number of benzene rings is 1. The summed E-state index contributed by atoms with van der Waals surface area (Å²) >= 11 is 0. The Labute approximate surface area is 109 Å². The number of amides is 1. The van der Waals surface area contributed by atoms with Gasteiger partial charge < -0.3 is 4.90 Å². The zero-order valence-corrected chi connectivity index (χ0v) is 11.1. The molecule has 96 valence electrons. The number of aliphatic imine (C=N–C) groups is 1. The first-order valence-corrected chi connectivity index (χ1v) is 6.55. The summed E-state index contributed by atoms with van der Waals surface area (Å²) < 4.78 is 0. The van der Waals surface area contributed by atoms with E-state index in [9.17, 15) is 4.79 Å². The summed E-state index contributed by atoms with van der Waals surface area (Å²) in [6, 6.07) is 7.57. The van der Waals surface area contributed by atoms with Crippen molar-refractivity contribution < 1.29 is 4.79 Å². The van der Waals surface area contributed by atoms with Crippen LogP contribution in [0.25, 0.3) is 0 Å². The summed E-state index contributed by atoms with van der Waals surface area (Å²) in [5.74, 6) is 0.694. The zero-order valence-electron chi connectivity index (χ0n) is 11.1. The van der Waals surface area contributed by atoms with Crippen LogP contribution in [0.2, 0.25) is 0 Å². The molecule has 1 aliphatic rings. The lowest BCUT2D eigenvalue weighted by molar-refractivity contribution is 0.0792. The summed E-state index contributed by atoms with van der Waals surface area (Å²) in [6.07, 6.45) is 5.12. The SMILES string of the molecule is CC1C/C=N\c2ccccc2C(=O)N(C)CCC1. The summed E-state index contributed by atoms with van der Waals surface area (Å²) in [5, 5.41) is 0. The standard InChI is InChI=1S/C15H20N2O/c1-12-6-5-11-17(2)15(18)13-7-3-4-8-14(13)16-10-9-12/h3-4,7-8,10,12H,5-6,9,11H2,1-2H3/b16-10-. The molecule has 1 aromatic rings. The van der Waals surface area contributed by atoms with E-state index in [2.05, 4.69) is 11.9 Å². The molecular weight excluding hydrogens is 224 g/mol. The molecule has 0 fully saturated rings. The van der Waals surface area contributed by atoms with E-state index in [1.54, 1.807) is 4.90 Å². The molecule has 0 radical (unpaired) electrons. The van der Waals surface area contributed by atoms with Gasteiger partial charge >= 0.3 is 0 Å². The third-order valence-electron chi connectivity index (χ3n) is 3.41. The topological polar surface area (TPSA) is 32.7 Å². The first-order valence-electron chi connectivity index (χ1n) is 6.55. The van der Waals surface area contributed by atoms with Gasteiger partial charge in [0.1, 0.15) is 0 Å². The summed E-state index contributed by atoms with van der Waals surface area (Å²) in [4.78, 5) is 18.6. The first-order chi connectivity index (χ1) is 8.68. The highest BCUT2D eigenvalue weighted by Gasteiger charge is 2.15. The van der Waals surface area contributed by atoms with E-state index >= 15 is 0 Å². The lowest BCUT2D eigenvalue weighted by atomic mass is 10.0. The highest BCUT2D eigenvalue weighted by atomic mass is 16.2. The molecule has 1 atom stereocenters. The third kappa shape index (κ3) is 2.97. The Balaban J connectivity index is 2.33. The van der Waals surface area contributed by atoms with Crippen molar-refractivity contribution in [1.29, 1.82) is 0 Å². The van der Waals surface area contributed by atoms with Crippen LogP contribution in [-0.4, -0.2) is 30.6 Å². The maximum absolute atomic E-state index is 12.3. The molecule has 0 bridgehead atoms. The van der Waals surface area contributed by atoms with E-state index in [-0.39, 0.29) is 5.91 Å². The fourth-order valence-corrected chi connectivity index (χ4v) is 2.20. The number of hydrogen-bond donors (Lipinski definition) is 0. The van der Waals surface area contributed by atoms with Gasteiger partial charge in [0.2, 0.25) is 0 Å². The normalized spacial score (nSPS) is 23.1. The van der Waals surface area contributed by atoms with Gasteiger partial charge in [-0.1, -0.05) is 19.1 Å². The summed E-state index contributed by atoms with van der Waals surface area (Å²) in [5.41, 5.74) is 1.48. The van der Waals surface area contributed by atoms with E-state index in [0.717, 1.165) is 31.5 Å². The number of carbonyl (C=O) groups excluding carboxylic acids is 1. The van der Waals surface area contributed by atoms with Gasteiger partial charge in [-0.25, -0.2) is 0 Å². The molecule has 1 aliphatic heterocycles. The number of nitrogens with zero attached hydrogens (tertiary/aromatic N) is 2. The highest BCUT2D eigenvalue weighted by Crippen LogP contribution is 2.21. The molecule has 0 N–H and O–H groups in total. The average Bonchev–Trinajstić information content (AvgIpc) is 2.39. The van der Waals surface area contributed by atoms with Gasteiger partial charge in [0.25, 0.3) is 5.91 Å². The van der Waals surface area contributed by atoms with Crippen molar-refractivity contribution in [1.82, 2.24) is 4.90 Å². The molecule has 0 spiro atoms.